The lowest BCUT2D eigenvalue weighted by atomic mass is 10.0. The highest BCUT2D eigenvalue weighted by Gasteiger charge is 2.31. The quantitative estimate of drug-likeness (QED) is 0.245. The molecule has 0 fully saturated rings. The number of aliphatic carboxylic acids is 1. The van der Waals surface area contributed by atoms with Crippen molar-refractivity contribution in [3.05, 3.63) is 82.3 Å². The molecule has 2 heterocycles. The van der Waals surface area contributed by atoms with Gasteiger partial charge in [0.2, 0.25) is 0 Å². The monoisotopic (exact) mass is 461 g/mol. The lowest BCUT2D eigenvalue weighted by Gasteiger charge is -2.29. The number of carbonyl (C=O) groups is 2. The second-order valence-electron chi connectivity index (χ2n) is 8.23. The zero-order valence-corrected chi connectivity index (χ0v) is 18.7. The van der Waals surface area contributed by atoms with Crippen LogP contribution in [0.3, 0.4) is 0 Å². The van der Waals surface area contributed by atoms with E-state index in [-0.39, 0.29) is 18.5 Å². The van der Waals surface area contributed by atoms with Crippen LogP contribution in [-0.4, -0.2) is 46.0 Å². The number of nitrogens with one attached hydrogen (secondary N) is 1. The predicted molar refractivity (Wildman–Crippen MR) is 130 cm³/mol. The highest BCUT2D eigenvalue weighted by molar-refractivity contribution is 5.98. The van der Waals surface area contributed by atoms with Gasteiger partial charge in [-0.15, -0.1) is 0 Å². The Morgan fingerprint density at radius 2 is 1.85 bits per heavy atom. The first kappa shape index (κ1) is 23.3. The van der Waals surface area contributed by atoms with Gasteiger partial charge in [-0.05, 0) is 56.0 Å². The zero-order valence-electron chi connectivity index (χ0n) is 18.7. The Hall–Kier alpha value is -3.91. The number of para-hydroxylation sites is 2. The Labute approximate surface area is 196 Å². The van der Waals surface area contributed by atoms with Gasteiger partial charge in [0.1, 0.15) is 17.2 Å². The van der Waals surface area contributed by atoms with Crippen LogP contribution in [0.2, 0.25) is 0 Å². The number of aromatic amines is 1. The number of benzene rings is 2. The molecule has 0 spiro atoms. The zero-order chi connectivity index (χ0) is 24.1. The fourth-order valence-electron chi connectivity index (χ4n) is 4.24. The second kappa shape index (κ2) is 10.4. The summed E-state index contributed by atoms with van der Waals surface area (Å²) in [6.45, 7) is 0.566. The van der Waals surface area contributed by atoms with Crippen LogP contribution in [0.15, 0.2) is 70.0 Å². The van der Waals surface area contributed by atoms with E-state index in [9.17, 15) is 19.5 Å². The van der Waals surface area contributed by atoms with Gasteiger partial charge in [0, 0.05) is 29.0 Å². The van der Waals surface area contributed by atoms with Gasteiger partial charge in [0.05, 0.1) is 0 Å². The minimum atomic E-state index is -1.12. The Morgan fingerprint density at radius 3 is 2.65 bits per heavy atom. The number of H-pyrrole nitrogens is 1. The molecule has 8 nitrogen and oxygen atoms in total. The summed E-state index contributed by atoms with van der Waals surface area (Å²) in [5.41, 5.74) is 6.91. The summed E-state index contributed by atoms with van der Waals surface area (Å²) in [6.07, 6.45) is 3.73. The molecule has 0 saturated heterocycles. The summed E-state index contributed by atoms with van der Waals surface area (Å²) in [5, 5.41) is 11.6. The summed E-state index contributed by atoms with van der Waals surface area (Å²) < 4.78 is 5.34. The fourth-order valence-corrected chi connectivity index (χ4v) is 4.24. The molecular weight excluding hydrogens is 434 g/mol. The number of hydrogen-bond donors (Lipinski definition) is 3. The van der Waals surface area contributed by atoms with Crippen LogP contribution in [0.25, 0.3) is 21.9 Å². The molecule has 0 aliphatic rings. The molecule has 0 aliphatic heterocycles. The Bertz CT molecular complexity index is 1370. The topological polar surface area (TPSA) is 130 Å². The number of unbranched alkanes of at least 4 members (excludes halogenated alkanes) is 1. The van der Waals surface area contributed by atoms with E-state index >= 15 is 0 Å². The molecule has 1 amide bonds. The average molecular weight is 462 g/mol. The number of fused-ring (bicyclic) bond motifs is 2. The molecule has 0 aliphatic carbocycles. The standard InChI is InChI=1S/C26H27N3O5/c27-13-6-5-10-22(25(31)32)29(14-12-18-16-28-21-9-3-2-8-19(18)21)24(30)20-15-17-7-1-4-11-23(17)34-26(20)33/h1-4,7-9,11,15-16,22,28H,5-6,10,12-14,27H2,(H,31,32)/t22-/m1/s1. The normalized spacial score (nSPS) is 12.1. The van der Waals surface area contributed by atoms with Crippen LogP contribution in [0.1, 0.15) is 35.2 Å². The Balaban J connectivity index is 1.68. The molecule has 0 unspecified atom stereocenters. The number of amides is 1. The number of carbonyl (C=O) groups excluding carboxylic acids is 1. The largest absolute Gasteiger partial charge is 0.480 e. The van der Waals surface area contributed by atoms with Crippen molar-refractivity contribution in [2.24, 2.45) is 5.73 Å². The molecule has 2 aromatic carbocycles. The number of nitrogens with two attached hydrogens (primary N) is 1. The van der Waals surface area contributed by atoms with Crippen LogP contribution >= 0.6 is 0 Å². The van der Waals surface area contributed by atoms with E-state index in [0.29, 0.717) is 36.8 Å². The lowest BCUT2D eigenvalue weighted by molar-refractivity contribution is -0.142. The van der Waals surface area contributed by atoms with E-state index < -0.39 is 23.5 Å². The molecule has 0 bridgehead atoms. The first-order chi connectivity index (χ1) is 16.5. The van der Waals surface area contributed by atoms with Crippen LogP contribution in [-0.2, 0) is 11.2 Å². The number of carboxylic acid groups (broad SMARTS) is 1. The van der Waals surface area contributed by atoms with E-state index in [0.717, 1.165) is 16.5 Å². The summed E-state index contributed by atoms with van der Waals surface area (Å²) >= 11 is 0. The SMILES string of the molecule is NCCCC[C@H](C(=O)O)N(CCc1c[nH]c2ccccc12)C(=O)c1cc2ccccc2oc1=O. The molecule has 176 valence electrons. The summed E-state index contributed by atoms with van der Waals surface area (Å²) in [6, 6.07) is 15.1. The van der Waals surface area contributed by atoms with Crippen molar-refractivity contribution in [3.8, 4) is 0 Å². The van der Waals surface area contributed by atoms with E-state index in [4.69, 9.17) is 10.2 Å². The molecule has 0 saturated carbocycles. The van der Waals surface area contributed by atoms with Gasteiger partial charge >= 0.3 is 11.6 Å². The average Bonchev–Trinajstić information content (AvgIpc) is 3.25. The summed E-state index contributed by atoms with van der Waals surface area (Å²) in [4.78, 5) is 42.9. The van der Waals surface area contributed by atoms with Crippen molar-refractivity contribution in [1.82, 2.24) is 9.88 Å². The van der Waals surface area contributed by atoms with Gasteiger partial charge < -0.3 is 25.1 Å². The van der Waals surface area contributed by atoms with Gasteiger partial charge in [0.25, 0.3) is 5.91 Å². The number of nitrogens with zero attached hydrogens (tertiary/aromatic N) is 1. The van der Waals surface area contributed by atoms with E-state index in [2.05, 4.69) is 4.98 Å². The van der Waals surface area contributed by atoms with Gasteiger partial charge in [-0.2, -0.15) is 0 Å². The van der Waals surface area contributed by atoms with Gasteiger partial charge in [-0.25, -0.2) is 9.59 Å². The molecule has 8 heteroatoms. The van der Waals surface area contributed by atoms with Gasteiger partial charge in [-0.3, -0.25) is 4.79 Å². The van der Waals surface area contributed by atoms with Crippen molar-refractivity contribution in [3.63, 3.8) is 0 Å². The smallest absolute Gasteiger partial charge is 0.349 e. The van der Waals surface area contributed by atoms with E-state index in [1.54, 1.807) is 24.3 Å². The van der Waals surface area contributed by atoms with Crippen LogP contribution in [0.4, 0.5) is 0 Å². The molecule has 2 aromatic heterocycles. The lowest BCUT2D eigenvalue weighted by Crippen LogP contribution is -2.47. The maximum Gasteiger partial charge on any atom is 0.349 e. The van der Waals surface area contributed by atoms with Crippen molar-refractivity contribution in [2.75, 3.05) is 13.1 Å². The number of hydrogen-bond acceptors (Lipinski definition) is 5. The second-order valence-corrected chi connectivity index (χ2v) is 8.23. The van der Waals surface area contributed by atoms with Crippen LogP contribution < -0.4 is 11.4 Å². The molecular formula is C26H27N3O5. The summed E-state index contributed by atoms with van der Waals surface area (Å²) in [5.74, 6) is -1.77. The molecule has 1 atom stereocenters. The molecule has 0 radical (unpaired) electrons. The first-order valence-electron chi connectivity index (χ1n) is 11.3. The Morgan fingerprint density at radius 1 is 1.09 bits per heavy atom. The maximum atomic E-state index is 13.6. The van der Waals surface area contributed by atoms with E-state index in [1.165, 1.54) is 11.0 Å². The highest BCUT2D eigenvalue weighted by atomic mass is 16.4. The highest BCUT2D eigenvalue weighted by Crippen LogP contribution is 2.21. The van der Waals surface area contributed by atoms with Gasteiger partial charge in [-0.1, -0.05) is 36.4 Å². The third-order valence-corrected chi connectivity index (χ3v) is 6.02. The van der Waals surface area contributed by atoms with Crippen molar-refractivity contribution >= 4 is 33.7 Å². The van der Waals surface area contributed by atoms with Crippen LogP contribution in [0.5, 0.6) is 0 Å². The maximum absolute atomic E-state index is 13.6. The third-order valence-electron chi connectivity index (χ3n) is 6.02. The molecule has 4 aromatic rings. The number of carboxylic acids is 1. The fraction of sp³-hybridized carbons (Fsp3) is 0.269. The minimum Gasteiger partial charge on any atom is -0.480 e. The molecule has 4 rings (SSSR count). The minimum absolute atomic E-state index is 0.131. The van der Waals surface area contributed by atoms with Crippen molar-refractivity contribution in [2.45, 2.75) is 31.7 Å². The van der Waals surface area contributed by atoms with Gasteiger partial charge in [0.15, 0.2) is 0 Å². The van der Waals surface area contributed by atoms with Crippen molar-refractivity contribution < 1.29 is 19.1 Å². The van der Waals surface area contributed by atoms with E-state index in [1.807, 2.05) is 30.5 Å². The third kappa shape index (κ3) is 4.87. The molecule has 34 heavy (non-hydrogen) atoms. The predicted octanol–water partition coefficient (Wildman–Crippen LogP) is 3.54. The Kier molecular flexibility index (Phi) is 7.08. The number of aromatic nitrogens is 1. The number of rotatable bonds is 10. The summed E-state index contributed by atoms with van der Waals surface area (Å²) in [7, 11) is 0. The first-order valence-corrected chi connectivity index (χ1v) is 11.3. The van der Waals surface area contributed by atoms with Crippen LogP contribution in [0, 0.1) is 0 Å². The molecule has 4 N–H and O–H groups in total. The van der Waals surface area contributed by atoms with Crippen molar-refractivity contribution in [1.29, 1.82) is 0 Å².